The van der Waals surface area contributed by atoms with Crippen LogP contribution in [-0.4, -0.2) is 7.05 Å². The lowest BCUT2D eigenvalue weighted by Gasteiger charge is -2.18. The summed E-state index contributed by atoms with van der Waals surface area (Å²) in [5.41, 5.74) is 2.57. The van der Waals surface area contributed by atoms with Gasteiger partial charge in [0.2, 0.25) is 0 Å². The number of hydrogen-bond donors (Lipinski definition) is 0. The second-order valence-electron chi connectivity index (χ2n) is 3.30. The van der Waals surface area contributed by atoms with E-state index in [0.29, 0.717) is 0 Å². The third-order valence-corrected chi connectivity index (χ3v) is 3.37. The van der Waals surface area contributed by atoms with E-state index in [1.807, 2.05) is 6.07 Å². The summed E-state index contributed by atoms with van der Waals surface area (Å²) in [6.07, 6.45) is 0. The smallest absolute Gasteiger partial charge is 0.0980 e. The number of benzene rings is 1. The van der Waals surface area contributed by atoms with Crippen LogP contribution in [0.25, 0.3) is 0 Å². The first-order valence-electron chi connectivity index (χ1n) is 4.62. The highest BCUT2D eigenvalue weighted by Crippen LogP contribution is 2.31. The molecular formula is C12H13NS. The lowest BCUT2D eigenvalue weighted by Crippen LogP contribution is -2.08. The Morgan fingerprint density at radius 3 is 2.36 bits per heavy atom. The van der Waals surface area contributed by atoms with Gasteiger partial charge in [-0.1, -0.05) is 18.2 Å². The van der Waals surface area contributed by atoms with Crippen molar-refractivity contribution in [3.05, 3.63) is 47.3 Å². The molecule has 0 unspecified atom stereocenters. The molecule has 0 aliphatic carbocycles. The molecule has 1 heterocycles. The van der Waals surface area contributed by atoms with Crippen LogP contribution in [0, 0.1) is 6.92 Å². The Hall–Kier alpha value is -1.28. The molecular weight excluding hydrogens is 190 g/mol. The highest BCUT2D eigenvalue weighted by Gasteiger charge is 2.06. The van der Waals surface area contributed by atoms with Crippen molar-refractivity contribution in [3.8, 4) is 0 Å². The van der Waals surface area contributed by atoms with Crippen LogP contribution in [0.1, 0.15) is 5.56 Å². The third-order valence-electron chi connectivity index (χ3n) is 2.28. The van der Waals surface area contributed by atoms with Crippen molar-refractivity contribution in [1.29, 1.82) is 0 Å². The van der Waals surface area contributed by atoms with E-state index < -0.39 is 0 Å². The summed E-state index contributed by atoms with van der Waals surface area (Å²) in [6, 6.07) is 12.6. The minimum Gasteiger partial charge on any atom is -0.336 e. The Morgan fingerprint density at radius 1 is 1.07 bits per heavy atom. The van der Waals surface area contributed by atoms with Crippen LogP contribution in [0.4, 0.5) is 10.7 Å². The molecule has 2 aromatic rings. The molecule has 72 valence electrons. The summed E-state index contributed by atoms with van der Waals surface area (Å²) in [5, 5.41) is 3.44. The van der Waals surface area contributed by atoms with E-state index in [9.17, 15) is 0 Å². The summed E-state index contributed by atoms with van der Waals surface area (Å²) in [6.45, 7) is 2.14. The predicted molar refractivity (Wildman–Crippen MR) is 63.6 cm³/mol. The molecule has 14 heavy (non-hydrogen) atoms. The molecule has 0 saturated heterocycles. The highest BCUT2D eigenvalue weighted by molar-refractivity contribution is 7.14. The molecule has 1 nitrogen and oxygen atoms in total. The quantitative estimate of drug-likeness (QED) is 0.717. The van der Waals surface area contributed by atoms with Gasteiger partial charge in [0.1, 0.15) is 0 Å². The van der Waals surface area contributed by atoms with E-state index in [1.165, 1.54) is 16.3 Å². The average molecular weight is 203 g/mol. The Bertz CT molecular complexity index is 405. The lowest BCUT2D eigenvalue weighted by molar-refractivity contribution is 1.22. The molecule has 1 aromatic heterocycles. The van der Waals surface area contributed by atoms with Crippen molar-refractivity contribution in [3.63, 3.8) is 0 Å². The second kappa shape index (κ2) is 3.84. The van der Waals surface area contributed by atoms with Gasteiger partial charge >= 0.3 is 0 Å². The molecule has 0 amide bonds. The normalized spacial score (nSPS) is 10.1. The maximum Gasteiger partial charge on any atom is 0.0980 e. The van der Waals surface area contributed by atoms with Crippen LogP contribution in [0.15, 0.2) is 41.8 Å². The largest absolute Gasteiger partial charge is 0.336 e. The van der Waals surface area contributed by atoms with Gasteiger partial charge in [0, 0.05) is 12.7 Å². The summed E-state index contributed by atoms with van der Waals surface area (Å²) in [5.74, 6) is 0. The van der Waals surface area contributed by atoms with Gasteiger partial charge in [0.05, 0.1) is 5.00 Å². The Balaban J connectivity index is 2.34. The molecule has 2 rings (SSSR count). The predicted octanol–water partition coefficient (Wildman–Crippen LogP) is 3.82. The van der Waals surface area contributed by atoms with Crippen molar-refractivity contribution < 1.29 is 0 Å². The molecule has 2 heteroatoms. The van der Waals surface area contributed by atoms with Crippen molar-refractivity contribution in [2.75, 3.05) is 11.9 Å². The first-order chi connectivity index (χ1) is 6.79. The average Bonchev–Trinajstić information content (AvgIpc) is 2.65. The molecule has 1 aromatic carbocycles. The number of nitrogens with zero attached hydrogens (tertiary/aromatic N) is 1. The van der Waals surface area contributed by atoms with Gasteiger partial charge in [0.25, 0.3) is 0 Å². The number of anilines is 2. The first kappa shape index (κ1) is 9.28. The van der Waals surface area contributed by atoms with Gasteiger partial charge in [-0.2, -0.15) is 0 Å². The monoisotopic (exact) mass is 203 g/mol. The van der Waals surface area contributed by atoms with Crippen LogP contribution in [-0.2, 0) is 0 Å². The number of rotatable bonds is 2. The zero-order valence-corrected chi connectivity index (χ0v) is 9.21. The van der Waals surface area contributed by atoms with Gasteiger partial charge < -0.3 is 4.90 Å². The molecule has 0 atom stereocenters. The van der Waals surface area contributed by atoms with Gasteiger partial charge in [0.15, 0.2) is 0 Å². The SMILES string of the molecule is Cc1ccsc1N(C)c1ccccc1. The summed E-state index contributed by atoms with van der Waals surface area (Å²) < 4.78 is 0. The van der Waals surface area contributed by atoms with Crippen LogP contribution >= 0.6 is 11.3 Å². The standard InChI is InChI=1S/C12H13NS/c1-10-8-9-14-12(10)13(2)11-6-4-3-5-7-11/h3-9H,1-2H3. The zero-order chi connectivity index (χ0) is 9.97. The molecule has 0 radical (unpaired) electrons. The Labute approximate surface area is 88.6 Å². The number of thiophene rings is 1. The van der Waals surface area contributed by atoms with Crippen LogP contribution in [0.5, 0.6) is 0 Å². The molecule has 0 aliphatic rings. The minimum atomic E-state index is 1.23. The van der Waals surface area contributed by atoms with E-state index >= 15 is 0 Å². The van der Waals surface area contributed by atoms with Gasteiger partial charge in [-0.15, -0.1) is 11.3 Å². The van der Waals surface area contributed by atoms with Crippen LogP contribution < -0.4 is 4.90 Å². The number of hydrogen-bond acceptors (Lipinski definition) is 2. The fourth-order valence-electron chi connectivity index (χ4n) is 1.48. The molecule has 0 fully saturated rings. The first-order valence-corrected chi connectivity index (χ1v) is 5.50. The van der Waals surface area contributed by atoms with E-state index in [1.54, 1.807) is 11.3 Å². The van der Waals surface area contributed by atoms with Crippen molar-refractivity contribution in [2.24, 2.45) is 0 Å². The highest BCUT2D eigenvalue weighted by atomic mass is 32.1. The fourth-order valence-corrected chi connectivity index (χ4v) is 2.40. The number of para-hydroxylation sites is 1. The van der Waals surface area contributed by atoms with E-state index in [2.05, 4.69) is 54.6 Å². The van der Waals surface area contributed by atoms with Crippen LogP contribution in [0.3, 0.4) is 0 Å². The maximum atomic E-state index is 2.22. The second-order valence-corrected chi connectivity index (χ2v) is 4.20. The molecule has 0 spiro atoms. The third kappa shape index (κ3) is 1.66. The zero-order valence-electron chi connectivity index (χ0n) is 8.40. The summed E-state index contributed by atoms with van der Waals surface area (Å²) in [4.78, 5) is 2.22. The van der Waals surface area contributed by atoms with Gasteiger partial charge in [-0.25, -0.2) is 0 Å². The van der Waals surface area contributed by atoms with Crippen molar-refractivity contribution >= 4 is 22.0 Å². The Kier molecular flexibility index (Phi) is 2.55. The van der Waals surface area contributed by atoms with E-state index in [4.69, 9.17) is 0 Å². The van der Waals surface area contributed by atoms with E-state index in [0.717, 1.165) is 0 Å². The lowest BCUT2D eigenvalue weighted by atomic mass is 10.3. The topological polar surface area (TPSA) is 3.24 Å². The van der Waals surface area contributed by atoms with Gasteiger partial charge in [-0.3, -0.25) is 0 Å². The van der Waals surface area contributed by atoms with Crippen LogP contribution in [0.2, 0.25) is 0 Å². The molecule has 0 N–H and O–H groups in total. The molecule has 0 bridgehead atoms. The molecule has 0 saturated carbocycles. The van der Waals surface area contributed by atoms with Gasteiger partial charge in [-0.05, 0) is 36.1 Å². The van der Waals surface area contributed by atoms with E-state index in [-0.39, 0.29) is 0 Å². The molecule has 0 aliphatic heterocycles. The fraction of sp³-hybridized carbons (Fsp3) is 0.167. The van der Waals surface area contributed by atoms with Crippen molar-refractivity contribution in [2.45, 2.75) is 6.92 Å². The number of aryl methyl sites for hydroxylation is 1. The summed E-state index contributed by atoms with van der Waals surface area (Å²) in [7, 11) is 2.11. The van der Waals surface area contributed by atoms with Crippen molar-refractivity contribution in [1.82, 2.24) is 0 Å². The Morgan fingerprint density at radius 2 is 1.79 bits per heavy atom. The summed E-state index contributed by atoms with van der Waals surface area (Å²) >= 11 is 1.78. The minimum absolute atomic E-state index is 1.23. The maximum absolute atomic E-state index is 2.22.